The maximum Gasteiger partial charge on any atom is 0.335 e. The number of aromatic nitrogens is 4. The third kappa shape index (κ3) is 8.75. The van der Waals surface area contributed by atoms with Crippen LogP contribution in [-0.2, 0) is 33.0 Å². The summed E-state index contributed by atoms with van der Waals surface area (Å²) >= 11 is 0. The molecule has 0 saturated heterocycles. The fraction of sp³-hybridized carbons (Fsp3) is 0.154. The largest absolute Gasteiger partial charge is 0.461 e. The van der Waals surface area contributed by atoms with E-state index in [1.165, 1.54) is 91.0 Å². The number of benzene rings is 3. The summed E-state index contributed by atoms with van der Waals surface area (Å²) in [6.07, 6.45) is 4.91. The van der Waals surface area contributed by atoms with Crippen LogP contribution in [0, 0.1) is 11.6 Å². The maximum atomic E-state index is 15.4. The number of fused-ring (bicyclic) bond motifs is 1. The van der Waals surface area contributed by atoms with E-state index in [2.05, 4.69) is 20.6 Å². The van der Waals surface area contributed by atoms with Crippen LogP contribution in [0.4, 0.5) is 20.2 Å². The van der Waals surface area contributed by atoms with E-state index in [0.29, 0.717) is 28.8 Å². The number of carbonyl (C=O) groups excluding carboxylic acids is 3. The van der Waals surface area contributed by atoms with Crippen molar-refractivity contribution in [1.29, 1.82) is 0 Å². The van der Waals surface area contributed by atoms with Crippen LogP contribution in [0.5, 0.6) is 0 Å². The summed E-state index contributed by atoms with van der Waals surface area (Å²) in [6, 6.07) is 14.9. The van der Waals surface area contributed by atoms with Crippen LogP contribution >= 0.6 is 0 Å². The Morgan fingerprint density at radius 2 is 1.51 bits per heavy atom. The van der Waals surface area contributed by atoms with Crippen molar-refractivity contribution in [3.05, 3.63) is 153 Å². The van der Waals surface area contributed by atoms with Crippen LogP contribution in [0.15, 0.2) is 118 Å². The summed E-state index contributed by atoms with van der Waals surface area (Å²) in [5.74, 6) is -5.15. The van der Waals surface area contributed by atoms with Crippen LogP contribution in [0.3, 0.4) is 0 Å². The third-order valence-electron chi connectivity index (χ3n) is 8.56. The number of nitrogens with zero attached hydrogens (tertiary/aromatic N) is 4. The zero-order valence-corrected chi connectivity index (χ0v) is 31.2. The van der Waals surface area contributed by atoms with Gasteiger partial charge in [0.15, 0.2) is 0 Å². The van der Waals surface area contributed by atoms with Gasteiger partial charge in [0.1, 0.15) is 17.7 Å². The second-order valence-corrected chi connectivity index (χ2v) is 14.6. The monoisotopic (exact) mass is 797 g/mol. The molecule has 57 heavy (non-hydrogen) atoms. The van der Waals surface area contributed by atoms with E-state index in [-0.39, 0.29) is 28.1 Å². The Balaban J connectivity index is 1.17. The Bertz CT molecular complexity index is 2740. The molecule has 0 bridgehead atoms. The quantitative estimate of drug-likeness (QED) is 0.152. The topological polar surface area (TPSA) is 200 Å². The lowest BCUT2D eigenvalue weighted by molar-refractivity contribution is -0.149. The van der Waals surface area contributed by atoms with Crippen molar-refractivity contribution < 1.29 is 36.3 Å². The molecule has 292 valence electrons. The van der Waals surface area contributed by atoms with E-state index in [9.17, 15) is 32.4 Å². The Labute approximate surface area is 323 Å². The van der Waals surface area contributed by atoms with Crippen molar-refractivity contribution in [2.24, 2.45) is 7.05 Å². The molecule has 2 amide bonds. The summed E-state index contributed by atoms with van der Waals surface area (Å²) in [4.78, 5) is 72.6. The van der Waals surface area contributed by atoms with Crippen LogP contribution in [-0.4, -0.2) is 57.4 Å². The van der Waals surface area contributed by atoms with Crippen molar-refractivity contribution in [2.45, 2.75) is 37.3 Å². The predicted molar refractivity (Wildman–Crippen MR) is 205 cm³/mol. The molecule has 15 nitrogen and oxygen atoms in total. The number of halogens is 2. The number of sulfonamides is 1. The highest BCUT2D eigenvalue weighted by molar-refractivity contribution is 7.92. The molecule has 0 unspecified atom stereocenters. The molecule has 6 rings (SSSR count). The molecule has 0 aliphatic heterocycles. The highest BCUT2D eigenvalue weighted by Gasteiger charge is 2.27. The standard InChI is InChI=1S/C39H33F2N7O8S/c1-22(2)56-38(52)33(18-23-4-8-26(9-5-23)48-37(51)28-14-17-43-21-34(28)47(3)39(48)53)45-36(50)29-19-31(41)32(20-30(29)40)46-57(54,55)27-10-6-25(7-11-27)44-35(49)24-12-15-42-16-13-24/h4-17,19-22,33,46H,18H2,1-3H3,(H,44,49)(H,45,50)/t33-/m0/s1. The van der Waals surface area contributed by atoms with Crippen molar-refractivity contribution in [3.63, 3.8) is 0 Å². The molecular formula is C39H33F2N7O8S. The Morgan fingerprint density at radius 1 is 0.842 bits per heavy atom. The lowest BCUT2D eigenvalue weighted by atomic mass is 10.0. The first-order valence-corrected chi connectivity index (χ1v) is 18.6. The summed E-state index contributed by atoms with van der Waals surface area (Å²) in [7, 11) is -2.98. The van der Waals surface area contributed by atoms with Crippen LogP contribution in [0.2, 0.25) is 0 Å². The summed E-state index contributed by atoms with van der Waals surface area (Å²) in [5, 5.41) is 5.23. The molecule has 3 heterocycles. The normalized spacial score (nSPS) is 11.9. The third-order valence-corrected chi connectivity index (χ3v) is 9.94. The highest BCUT2D eigenvalue weighted by Crippen LogP contribution is 2.24. The number of ether oxygens (including phenoxy) is 1. The fourth-order valence-corrected chi connectivity index (χ4v) is 6.77. The van der Waals surface area contributed by atoms with Gasteiger partial charge in [0.05, 0.1) is 45.0 Å². The number of hydrogen-bond acceptors (Lipinski definition) is 10. The molecular weight excluding hydrogens is 765 g/mol. The van der Waals surface area contributed by atoms with Crippen LogP contribution in [0.25, 0.3) is 16.6 Å². The summed E-state index contributed by atoms with van der Waals surface area (Å²) in [5.41, 5.74) is -1.21. The molecule has 0 spiro atoms. The second kappa shape index (κ2) is 16.3. The predicted octanol–water partition coefficient (Wildman–Crippen LogP) is 4.10. The molecule has 0 saturated carbocycles. The average molecular weight is 798 g/mol. The number of rotatable bonds is 12. The number of esters is 1. The first-order valence-electron chi connectivity index (χ1n) is 17.1. The SMILES string of the molecule is CC(C)OC(=O)[C@H](Cc1ccc(-n2c(=O)c3ccncc3n(C)c2=O)cc1)NC(=O)c1cc(F)c(NS(=O)(=O)c2ccc(NC(=O)c3ccncc3)cc2)cc1F. The zero-order chi connectivity index (χ0) is 41.0. The molecule has 0 aliphatic rings. The number of hydrogen-bond donors (Lipinski definition) is 3. The van der Waals surface area contributed by atoms with Gasteiger partial charge in [-0.3, -0.25) is 33.6 Å². The van der Waals surface area contributed by atoms with Crippen molar-refractivity contribution >= 4 is 50.1 Å². The van der Waals surface area contributed by atoms with Crippen LogP contribution in [0.1, 0.15) is 40.1 Å². The second-order valence-electron chi connectivity index (χ2n) is 12.9. The number of amides is 2. The molecule has 3 N–H and O–H groups in total. The summed E-state index contributed by atoms with van der Waals surface area (Å²) < 4.78 is 66.3. The molecule has 0 aliphatic carbocycles. The van der Waals surface area contributed by atoms with Gasteiger partial charge in [-0.15, -0.1) is 0 Å². The van der Waals surface area contributed by atoms with Gasteiger partial charge in [-0.2, -0.15) is 0 Å². The van der Waals surface area contributed by atoms with Crippen molar-refractivity contribution in [1.82, 2.24) is 24.4 Å². The van der Waals surface area contributed by atoms with Gasteiger partial charge in [-0.25, -0.2) is 31.4 Å². The number of anilines is 2. The number of pyridine rings is 2. The van der Waals surface area contributed by atoms with Crippen LogP contribution < -0.4 is 26.6 Å². The minimum absolute atomic E-state index is 0.192. The smallest absolute Gasteiger partial charge is 0.335 e. The lowest BCUT2D eigenvalue weighted by Gasteiger charge is -2.20. The first kappa shape index (κ1) is 39.6. The summed E-state index contributed by atoms with van der Waals surface area (Å²) in [6.45, 7) is 3.16. The van der Waals surface area contributed by atoms with E-state index in [1.54, 1.807) is 13.8 Å². The zero-order valence-electron chi connectivity index (χ0n) is 30.4. The molecule has 3 aromatic carbocycles. The molecule has 1 atom stereocenters. The molecule has 3 aromatic heterocycles. The molecule has 18 heteroatoms. The average Bonchev–Trinajstić information content (AvgIpc) is 3.19. The fourth-order valence-electron chi connectivity index (χ4n) is 5.71. The van der Waals surface area contributed by atoms with Gasteiger partial charge >= 0.3 is 11.7 Å². The Kier molecular flexibility index (Phi) is 11.4. The minimum Gasteiger partial charge on any atom is -0.461 e. The Hall–Kier alpha value is -7.08. The van der Waals surface area contributed by atoms with Gasteiger partial charge < -0.3 is 15.4 Å². The molecule has 0 radical (unpaired) electrons. The van der Waals surface area contributed by atoms with Gasteiger partial charge in [0.25, 0.3) is 27.4 Å². The van der Waals surface area contributed by atoms with Gasteiger partial charge in [-0.1, -0.05) is 12.1 Å². The van der Waals surface area contributed by atoms with E-state index < -0.39 is 74.1 Å². The first-order chi connectivity index (χ1) is 27.1. The molecule has 6 aromatic rings. The van der Waals surface area contributed by atoms with Gasteiger partial charge in [-0.05, 0) is 80.1 Å². The number of aryl methyl sites for hydroxylation is 1. The van der Waals surface area contributed by atoms with E-state index in [0.717, 1.165) is 16.7 Å². The number of carbonyl (C=O) groups is 3. The number of nitrogens with one attached hydrogen (secondary N) is 3. The highest BCUT2D eigenvalue weighted by atomic mass is 32.2. The van der Waals surface area contributed by atoms with Gasteiger partial charge in [0, 0.05) is 49.4 Å². The van der Waals surface area contributed by atoms with Gasteiger partial charge in [0.2, 0.25) is 0 Å². The minimum atomic E-state index is -4.48. The van der Waals surface area contributed by atoms with E-state index in [4.69, 9.17) is 4.74 Å². The van der Waals surface area contributed by atoms with Crippen molar-refractivity contribution in [3.8, 4) is 5.69 Å². The lowest BCUT2D eigenvalue weighted by Crippen LogP contribution is -2.44. The Morgan fingerprint density at radius 3 is 2.18 bits per heavy atom. The van der Waals surface area contributed by atoms with E-state index >= 15 is 8.78 Å². The molecule has 0 fully saturated rings. The van der Waals surface area contributed by atoms with E-state index in [1.807, 2.05) is 4.72 Å². The van der Waals surface area contributed by atoms with Crippen molar-refractivity contribution in [2.75, 3.05) is 10.0 Å². The maximum absolute atomic E-state index is 15.4.